The van der Waals surface area contributed by atoms with Gasteiger partial charge in [0, 0.05) is 23.7 Å². The van der Waals surface area contributed by atoms with E-state index in [0.29, 0.717) is 6.42 Å². The number of benzene rings is 1. The smallest absolute Gasteiger partial charge is 0.303 e. The Kier molecular flexibility index (Phi) is 3.23. The van der Waals surface area contributed by atoms with Gasteiger partial charge in [0.1, 0.15) is 5.75 Å². The minimum atomic E-state index is -0.813. The maximum absolute atomic E-state index is 10.6. The molecule has 1 aromatic carbocycles. The third-order valence-electron chi connectivity index (χ3n) is 2.63. The summed E-state index contributed by atoms with van der Waals surface area (Å²) in [6, 6.07) is 7.61. The van der Waals surface area contributed by atoms with Crippen molar-refractivity contribution in [2.75, 3.05) is 7.11 Å². The van der Waals surface area contributed by atoms with Gasteiger partial charge in [0.05, 0.1) is 13.5 Å². The van der Waals surface area contributed by atoms with E-state index < -0.39 is 5.97 Å². The van der Waals surface area contributed by atoms with Gasteiger partial charge in [-0.15, -0.1) is 0 Å². The number of aryl methyl sites for hydroxylation is 1. The van der Waals surface area contributed by atoms with Crippen molar-refractivity contribution in [3.8, 4) is 5.75 Å². The Hall–Kier alpha value is -2.10. The van der Waals surface area contributed by atoms with Crippen LogP contribution in [-0.2, 0) is 11.2 Å². The second-order valence-corrected chi connectivity index (χ2v) is 3.74. The van der Waals surface area contributed by atoms with Crippen LogP contribution in [-0.4, -0.2) is 23.2 Å². The third kappa shape index (κ3) is 2.53. The van der Waals surface area contributed by atoms with Crippen molar-refractivity contribution in [1.82, 2.24) is 4.98 Å². The van der Waals surface area contributed by atoms with Crippen LogP contribution in [0.1, 0.15) is 12.1 Å². The first kappa shape index (κ1) is 11.4. The molecule has 0 bridgehead atoms. The number of rotatable bonds is 4. The van der Waals surface area contributed by atoms with E-state index in [1.54, 1.807) is 13.3 Å². The fraction of sp³-hybridized carbons (Fsp3) is 0.231. The lowest BCUT2D eigenvalue weighted by atomic mass is 10.1. The molecule has 4 nitrogen and oxygen atoms in total. The summed E-state index contributed by atoms with van der Waals surface area (Å²) in [5, 5.41) is 10.7. The average Bonchev–Trinajstić information content (AvgIpc) is 2.35. The first-order chi connectivity index (χ1) is 8.20. The monoisotopic (exact) mass is 231 g/mol. The number of carbonyl (C=O) groups is 1. The van der Waals surface area contributed by atoms with E-state index in [0.717, 1.165) is 22.2 Å². The molecule has 0 spiro atoms. The van der Waals surface area contributed by atoms with Gasteiger partial charge in [0.2, 0.25) is 0 Å². The molecule has 0 aliphatic rings. The van der Waals surface area contributed by atoms with Crippen LogP contribution in [0.25, 0.3) is 10.8 Å². The number of nitrogens with zero attached hydrogens (tertiary/aromatic N) is 1. The molecule has 1 N–H and O–H groups in total. The zero-order valence-corrected chi connectivity index (χ0v) is 9.51. The molecule has 0 radical (unpaired) electrons. The largest absolute Gasteiger partial charge is 0.497 e. The Labute approximate surface area is 98.9 Å². The molecule has 0 aliphatic carbocycles. The third-order valence-corrected chi connectivity index (χ3v) is 2.63. The maximum Gasteiger partial charge on any atom is 0.303 e. The molecule has 0 atom stereocenters. The van der Waals surface area contributed by atoms with Crippen molar-refractivity contribution in [3.63, 3.8) is 0 Å². The van der Waals surface area contributed by atoms with E-state index in [-0.39, 0.29) is 6.42 Å². The van der Waals surface area contributed by atoms with Crippen molar-refractivity contribution in [3.05, 3.63) is 36.2 Å². The molecular weight excluding hydrogens is 218 g/mol. The number of fused-ring (bicyclic) bond motifs is 1. The van der Waals surface area contributed by atoms with Crippen LogP contribution in [0.15, 0.2) is 30.5 Å². The van der Waals surface area contributed by atoms with Gasteiger partial charge < -0.3 is 9.84 Å². The molecule has 0 saturated heterocycles. The van der Waals surface area contributed by atoms with Crippen LogP contribution >= 0.6 is 0 Å². The molecule has 0 aliphatic heterocycles. The fourth-order valence-corrected chi connectivity index (χ4v) is 1.76. The van der Waals surface area contributed by atoms with E-state index in [2.05, 4.69) is 4.98 Å². The van der Waals surface area contributed by atoms with Gasteiger partial charge in [-0.05, 0) is 23.6 Å². The van der Waals surface area contributed by atoms with Crippen LogP contribution in [0.4, 0.5) is 0 Å². The summed E-state index contributed by atoms with van der Waals surface area (Å²) in [7, 11) is 1.61. The normalized spacial score (nSPS) is 10.4. The second kappa shape index (κ2) is 4.82. The standard InChI is InChI=1S/C13H13NO3/c1-17-10-3-2-9-6-7-14-12(11(9)8-10)4-5-13(15)16/h2-3,6-8H,4-5H2,1H3,(H,15,16). The number of aromatic nitrogens is 1. The van der Waals surface area contributed by atoms with Crippen molar-refractivity contribution in [2.45, 2.75) is 12.8 Å². The van der Waals surface area contributed by atoms with E-state index in [1.165, 1.54) is 0 Å². The van der Waals surface area contributed by atoms with Gasteiger partial charge in [-0.1, -0.05) is 6.07 Å². The summed E-state index contributed by atoms with van der Waals surface area (Å²) in [6.07, 6.45) is 2.22. The van der Waals surface area contributed by atoms with Gasteiger partial charge in [-0.25, -0.2) is 0 Å². The number of aliphatic carboxylic acids is 1. The Bertz CT molecular complexity index is 551. The summed E-state index contributed by atoms with van der Waals surface area (Å²) < 4.78 is 5.16. The van der Waals surface area contributed by atoms with Gasteiger partial charge in [0.25, 0.3) is 0 Å². The van der Waals surface area contributed by atoms with Crippen LogP contribution in [0.2, 0.25) is 0 Å². The summed E-state index contributed by atoms with van der Waals surface area (Å²) >= 11 is 0. The van der Waals surface area contributed by atoms with E-state index in [9.17, 15) is 4.79 Å². The molecule has 2 rings (SSSR count). The quantitative estimate of drug-likeness (QED) is 0.876. The zero-order chi connectivity index (χ0) is 12.3. The van der Waals surface area contributed by atoms with E-state index >= 15 is 0 Å². The Morgan fingerprint density at radius 3 is 2.94 bits per heavy atom. The minimum absolute atomic E-state index is 0.0866. The van der Waals surface area contributed by atoms with E-state index in [4.69, 9.17) is 9.84 Å². The lowest BCUT2D eigenvalue weighted by molar-refractivity contribution is -0.136. The van der Waals surface area contributed by atoms with E-state index in [1.807, 2.05) is 24.3 Å². The van der Waals surface area contributed by atoms with Gasteiger partial charge in [-0.3, -0.25) is 9.78 Å². The van der Waals surface area contributed by atoms with Crippen molar-refractivity contribution < 1.29 is 14.6 Å². The van der Waals surface area contributed by atoms with Gasteiger partial charge >= 0.3 is 5.97 Å². The molecule has 0 unspecified atom stereocenters. The first-order valence-electron chi connectivity index (χ1n) is 5.34. The topological polar surface area (TPSA) is 59.4 Å². The minimum Gasteiger partial charge on any atom is -0.497 e. The van der Waals surface area contributed by atoms with Crippen molar-refractivity contribution >= 4 is 16.7 Å². The number of hydrogen-bond acceptors (Lipinski definition) is 3. The molecule has 88 valence electrons. The van der Waals surface area contributed by atoms with Crippen LogP contribution in [0.5, 0.6) is 5.75 Å². The highest BCUT2D eigenvalue weighted by Crippen LogP contribution is 2.23. The van der Waals surface area contributed by atoms with Gasteiger partial charge in [0.15, 0.2) is 0 Å². The lowest BCUT2D eigenvalue weighted by Crippen LogP contribution is -2.00. The van der Waals surface area contributed by atoms with Crippen LogP contribution in [0.3, 0.4) is 0 Å². The molecule has 17 heavy (non-hydrogen) atoms. The predicted molar refractivity (Wildman–Crippen MR) is 64.3 cm³/mol. The van der Waals surface area contributed by atoms with Gasteiger partial charge in [-0.2, -0.15) is 0 Å². The number of ether oxygens (including phenoxy) is 1. The Balaban J connectivity index is 2.43. The SMILES string of the molecule is COc1ccc2ccnc(CCC(=O)O)c2c1. The zero-order valence-electron chi connectivity index (χ0n) is 9.51. The van der Waals surface area contributed by atoms with Crippen molar-refractivity contribution in [2.24, 2.45) is 0 Å². The number of methoxy groups -OCH3 is 1. The Morgan fingerprint density at radius 1 is 1.41 bits per heavy atom. The molecular formula is C13H13NO3. The molecule has 2 aromatic rings. The highest BCUT2D eigenvalue weighted by atomic mass is 16.5. The van der Waals surface area contributed by atoms with Crippen molar-refractivity contribution in [1.29, 1.82) is 0 Å². The summed E-state index contributed by atoms with van der Waals surface area (Å²) in [6.45, 7) is 0. The predicted octanol–water partition coefficient (Wildman–Crippen LogP) is 2.26. The molecule has 0 amide bonds. The number of hydrogen-bond donors (Lipinski definition) is 1. The molecule has 1 heterocycles. The number of pyridine rings is 1. The molecule has 1 aromatic heterocycles. The number of carboxylic acids is 1. The highest BCUT2D eigenvalue weighted by Gasteiger charge is 2.06. The first-order valence-corrected chi connectivity index (χ1v) is 5.34. The summed E-state index contributed by atoms with van der Waals surface area (Å²) in [5.41, 5.74) is 0.795. The summed E-state index contributed by atoms with van der Waals surface area (Å²) in [5.74, 6) is -0.0613. The molecule has 4 heteroatoms. The lowest BCUT2D eigenvalue weighted by Gasteiger charge is -2.06. The highest BCUT2D eigenvalue weighted by molar-refractivity contribution is 5.86. The number of carboxylic acid groups (broad SMARTS) is 1. The second-order valence-electron chi connectivity index (χ2n) is 3.74. The van der Waals surface area contributed by atoms with Crippen LogP contribution < -0.4 is 4.74 Å². The fourth-order valence-electron chi connectivity index (χ4n) is 1.76. The molecule has 0 saturated carbocycles. The van der Waals surface area contributed by atoms with Crippen LogP contribution in [0, 0.1) is 0 Å². The Morgan fingerprint density at radius 2 is 2.24 bits per heavy atom. The molecule has 0 fully saturated rings. The summed E-state index contributed by atoms with van der Waals surface area (Å²) in [4.78, 5) is 14.8. The average molecular weight is 231 g/mol. The maximum atomic E-state index is 10.6.